The van der Waals surface area contributed by atoms with Gasteiger partial charge in [-0.2, -0.15) is 0 Å². The number of hydrogen-bond acceptors (Lipinski definition) is 5. The SMILES string of the molecule is Cc1nc(C)c(CC(=O)NC2CC(c3cc(=O)[nH]cn3)C2)c(=O)[nH]1. The first-order valence-electron chi connectivity index (χ1n) is 7.82. The zero-order valence-electron chi connectivity index (χ0n) is 13.5. The summed E-state index contributed by atoms with van der Waals surface area (Å²) in [4.78, 5) is 48.8. The number of amides is 1. The first kappa shape index (κ1) is 16.1. The van der Waals surface area contributed by atoms with Crippen molar-refractivity contribution in [2.75, 3.05) is 0 Å². The van der Waals surface area contributed by atoms with Gasteiger partial charge in [-0.3, -0.25) is 14.4 Å². The lowest BCUT2D eigenvalue weighted by atomic mass is 9.78. The first-order chi connectivity index (χ1) is 11.4. The maximum absolute atomic E-state index is 12.1. The van der Waals surface area contributed by atoms with Crippen LogP contribution in [0.25, 0.3) is 0 Å². The second-order valence-electron chi connectivity index (χ2n) is 6.16. The lowest BCUT2D eigenvalue weighted by Gasteiger charge is -2.35. The average Bonchev–Trinajstić information content (AvgIpc) is 2.46. The van der Waals surface area contributed by atoms with E-state index in [1.807, 2.05) is 0 Å². The van der Waals surface area contributed by atoms with E-state index in [1.54, 1.807) is 13.8 Å². The van der Waals surface area contributed by atoms with Crippen molar-refractivity contribution >= 4 is 5.91 Å². The second kappa shape index (κ2) is 6.38. The van der Waals surface area contributed by atoms with E-state index in [4.69, 9.17) is 0 Å². The van der Waals surface area contributed by atoms with Gasteiger partial charge in [-0.1, -0.05) is 0 Å². The summed E-state index contributed by atoms with van der Waals surface area (Å²) in [6.45, 7) is 3.43. The van der Waals surface area contributed by atoms with Gasteiger partial charge in [0.1, 0.15) is 5.82 Å². The zero-order valence-corrected chi connectivity index (χ0v) is 13.5. The fraction of sp³-hybridized carbons (Fsp3) is 0.438. The third-order valence-corrected chi connectivity index (χ3v) is 4.30. The summed E-state index contributed by atoms with van der Waals surface area (Å²) in [6.07, 6.45) is 2.88. The van der Waals surface area contributed by atoms with Gasteiger partial charge in [0.15, 0.2) is 0 Å². The number of nitrogens with one attached hydrogen (secondary N) is 3. The molecule has 0 aromatic carbocycles. The van der Waals surface area contributed by atoms with E-state index in [9.17, 15) is 14.4 Å². The third-order valence-electron chi connectivity index (χ3n) is 4.30. The number of aromatic nitrogens is 4. The van der Waals surface area contributed by atoms with E-state index in [2.05, 4.69) is 25.3 Å². The molecule has 0 aliphatic heterocycles. The summed E-state index contributed by atoms with van der Waals surface area (Å²) in [6, 6.07) is 1.53. The highest BCUT2D eigenvalue weighted by Crippen LogP contribution is 2.35. The van der Waals surface area contributed by atoms with Gasteiger partial charge in [0.05, 0.1) is 18.4 Å². The molecule has 24 heavy (non-hydrogen) atoms. The molecule has 3 N–H and O–H groups in total. The summed E-state index contributed by atoms with van der Waals surface area (Å²) < 4.78 is 0. The summed E-state index contributed by atoms with van der Waals surface area (Å²) in [7, 11) is 0. The molecule has 3 rings (SSSR count). The Kier molecular flexibility index (Phi) is 4.28. The van der Waals surface area contributed by atoms with Gasteiger partial charge in [-0.05, 0) is 26.7 Å². The highest BCUT2D eigenvalue weighted by atomic mass is 16.2. The van der Waals surface area contributed by atoms with Gasteiger partial charge in [0.2, 0.25) is 5.91 Å². The Morgan fingerprint density at radius 1 is 1.33 bits per heavy atom. The van der Waals surface area contributed by atoms with Crippen molar-refractivity contribution in [3.63, 3.8) is 0 Å². The van der Waals surface area contributed by atoms with E-state index in [1.165, 1.54) is 12.4 Å². The van der Waals surface area contributed by atoms with Crippen molar-refractivity contribution in [3.8, 4) is 0 Å². The minimum absolute atomic E-state index is 0.0128. The number of aromatic amines is 2. The molecule has 2 aromatic rings. The Morgan fingerprint density at radius 3 is 2.75 bits per heavy atom. The van der Waals surface area contributed by atoms with Crippen LogP contribution in [0.15, 0.2) is 22.0 Å². The standard InChI is InChI=1S/C16H19N5O3/c1-8-12(16(24)20-9(2)19-8)5-15(23)21-11-3-10(4-11)13-6-14(22)18-7-17-13/h6-7,10-11H,3-5H2,1-2H3,(H,21,23)(H,17,18,22)(H,19,20,24). The topological polar surface area (TPSA) is 121 Å². The van der Waals surface area contributed by atoms with Crippen LogP contribution in [-0.2, 0) is 11.2 Å². The summed E-state index contributed by atoms with van der Waals surface area (Å²) in [5, 5.41) is 2.92. The second-order valence-corrected chi connectivity index (χ2v) is 6.16. The lowest BCUT2D eigenvalue weighted by Crippen LogP contribution is -2.44. The third kappa shape index (κ3) is 3.42. The monoisotopic (exact) mass is 329 g/mol. The number of nitrogens with zero attached hydrogens (tertiary/aromatic N) is 2. The van der Waals surface area contributed by atoms with E-state index >= 15 is 0 Å². The number of rotatable bonds is 4. The molecule has 0 saturated heterocycles. The summed E-state index contributed by atoms with van der Waals surface area (Å²) in [5.41, 5.74) is 1.28. The highest BCUT2D eigenvalue weighted by molar-refractivity contribution is 5.79. The van der Waals surface area contributed by atoms with Gasteiger partial charge in [0.25, 0.3) is 11.1 Å². The number of carbonyl (C=O) groups is 1. The molecule has 8 heteroatoms. The minimum atomic E-state index is -0.269. The molecule has 126 valence electrons. The zero-order chi connectivity index (χ0) is 17.3. The number of hydrogen-bond donors (Lipinski definition) is 3. The van der Waals surface area contributed by atoms with E-state index in [0.29, 0.717) is 17.1 Å². The van der Waals surface area contributed by atoms with Crippen LogP contribution in [0.2, 0.25) is 0 Å². The van der Waals surface area contributed by atoms with Crippen molar-refractivity contribution in [2.45, 2.75) is 45.1 Å². The van der Waals surface area contributed by atoms with Crippen molar-refractivity contribution in [2.24, 2.45) is 0 Å². The van der Waals surface area contributed by atoms with Crippen LogP contribution in [0.5, 0.6) is 0 Å². The molecule has 2 heterocycles. The Balaban J connectivity index is 1.56. The molecule has 0 bridgehead atoms. The van der Waals surface area contributed by atoms with E-state index < -0.39 is 0 Å². The fourth-order valence-electron chi connectivity index (χ4n) is 2.98. The van der Waals surface area contributed by atoms with Crippen LogP contribution in [-0.4, -0.2) is 31.9 Å². The molecular weight excluding hydrogens is 310 g/mol. The van der Waals surface area contributed by atoms with Crippen molar-refractivity contribution in [1.29, 1.82) is 0 Å². The summed E-state index contributed by atoms with van der Waals surface area (Å²) in [5.74, 6) is 0.522. The number of H-pyrrole nitrogens is 2. The van der Waals surface area contributed by atoms with Crippen LogP contribution in [0.1, 0.15) is 41.5 Å². The molecule has 2 aromatic heterocycles. The van der Waals surface area contributed by atoms with Crippen molar-refractivity contribution in [1.82, 2.24) is 25.3 Å². The molecule has 1 aliphatic rings. The Labute approximate surface area is 137 Å². The average molecular weight is 329 g/mol. The quantitative estimate of drug-likeness (QED) is 0.733. The molecule has 0 unspecified atom stereocenters. The molecule has 0 spiro atoms. The summed E-state index contributed by atoms with van der Waals surface area (Å²) >= 11 is 0. The molecule has 1 aliphatic carbocycles. The van der Waals surface area contributed by atoms with E-state index in [0.717, 1.165) is 18.5 Å². The maximum atomic E-state index is 12.1. The van der Waals surface area contributed by atoms with Crippen LogP contribution in [0.3, 0.4) is 0 Å². The van der Waals surface area contributed by atoms with Gasteiger partial charge in [-0.25, -0.2) is 9.97 Å². The van der Waals surface area contributed by atoms with Gasteiger partial charge in [0, 0.05) is 29.3 Å². The van der Waals surface area contributed by atoms with Crippen LogP contribution in [0.4, 0.5) is 0 Å². The Morgan fingerprint density at radius 2 is 2.08 bits per heavy atom. The van der Waals surface area contributed by atoms with Crippen LogP contribution < -0.4 is 16.4 Å². The molecule has 0 radical (unpaired) electrons. The molecule has 1 fully saturated rings. The van der Waals surface area contributed by atoms with Crippen LogP contribution >= 0.6 is 0 Å². The first-order valence-corrected chi connectivity index (χ1v) is 7.82. The van der Waals surface area contributed by atoms with E-state index in [-0.39, 0.29) is 35.4 Å². The van der Waals surface area contributed by atoms with Crippen molar-refractivity contribution < 1.29 is 4.79 Å². The van der Waals surface area contributed by atoms with Crippen LogP contribution in [0, 0.1) is 13.8 Å². The minimum Gasteiger partial charge on any atom is -0.353 e. The molecule has 1 saturated carbocycles. The normalized spacial score (nSPS) is 19.6. The highest BCUT2D eigenvalue weighted by Gasteiger charge is 2.32. The van der Waals surface area contributed by atoms with Gasteiger partial charge < -0.3 is 15.3 Å². The van der Waals surface area contributed by atoms with Gasteiger partial charge in [-0.15, -0.1) is 0 Å². The predicted octanol–water partition coefficient (Wildman–Crippen LogP) is 0.0749. The smallest absolute Gasteiger partial charge is 0.254 e. The Hall–Kier alpha value is -2.77. The molecule has 8 nitrogen and oxygen atoms in total. The fourth-order valence-corrected chi connectivity index (χ4v) is 2.98. The molecular formula is C16H19N5O3. The predicted molar refractivity (Wildman–Crippen MR) is 86.8 cm³/mol. The maximum Gasteiger partial charge on any atom is 0.254 e. The number of carbonyl (C=O) groups excluding carboxylic acids is 1. The Bertz CT molecular complexity index is 880. The molecule has 1 amide bonds. The molecule has 0 atom stereocenters. The lowest BCUT2D eigenvalue weighted by molar-refractivity contribution is -0.121. The number of aryl methyl sites for hydroxylation is 2. The van der Waals surface area contributed by atoms with Crippen molar-refractivity contribution in [3.05, 3.63) is 55.9 Å². The van der Waals surface area contributed by atoms with Gasteiger partial charge >= 0.3 is 0 Å². The largest absolute Gasteiger partial charge is 0.353 e.